The monoisotopic (exact) mass is 422 g/mol. The molecule has 0 aliphatic carbocycles. The van der Waals surface area contributed by atoms with E-state index >= 15 is 0 Å². The van der Waals surface area contributed by atoms with Crippen molar-refractivity contribution in [1.29, 1.82) is 0 Å². The number of nitrogens with two attached hydrogens (primary N) is 1. The molecular formula is C19H26N4O7. The number of hydrogen-bond acceptors (Lipinski definition) is 10. The highest BCUT2D eigenvalue weighted by Gasteiger charge is 2.60. The molecule has 4 heterocycles. The Labute approximate surface area is 173 Å². The van der Waals surface area contributed by atoms with Crippen molar-refractivity contribution in [1.82, 2.24) is 14.6 Å². The van der Waals surface area contributed by atoms with E-state index in [4.69, 9.17) is 34.2 Å². The summed E-state index contributed by atoms with van der Waals surface area (Å²) in [6.45, 7) is 5.01. The van der Waals surface area contributed by atoms with Gasteiger partial charge in [0.2, 0.25) is 0 Å². The fourth-order valence-corrected chi connectivity index (χ4v) is 3.70. The molecule has 2 saturated heterocycles. The molecule has 0 spiro atoms. The highest BCUT2D eigenvalue weighted by Crippen LogP contribution is 2.47. The maximum atomic E-state index is 11.9. The number of nitrogens with zero attached hydrogens (tertiary/aromatic N) is 3. The molecule has 11 heteroatoms. The Morgan fingerprint density at radius 3 is 2.87 bits per heavy atom. The highest BCUT2D eigenvalue weighted by atomic mass is 16.9. The summed E-state index contributed by atoms with van der Waals surface area (Å²) in [6, 6.07) is 3.65. The van der Waals surface area contributed by atoms with Crippen molar-refractivity contribution in [2.75, 3.05) is 26.1 Å². The number of aromatic nitrogens is 3. The first-order valence-corrected chi connectivity index (χ1v) is 9.71. The van der Waals surface area contributed by atoms with Gasteiger partial charge in [0.25, 0.3) is 6.48 Å². The minimum Gasteiger partial charge on any atom is -0.434 e. The average Bonchev–Trinajstić information content (AvgIpc) is 3.40. The summed E-state index contributed by atoms with van der Waals surface area (Å²) in [5, 5.41) is 4.28. The van der Waals surface area contributed by atoms with Crippen LogP contribution >= 0.6 is 0 Å². The molecule has 164 valence electrons. The van der Waals surface area contributed by atoms with Crippen LogP contribution in [0.5, 0.6) is 0 Å². The molecule has 0 aromatic carbocycles. The van der Waals surface area contributed by atoms with Crippen LogP contribution in [0.4, 0.5) is 10.6 Å². The molecule has 2 aromatic rings. The first-order valence-electron chi connectivity index (χ1n) is 9.71. The van der Waals surface area contributed by atoms with E-state index in [0.29, 0.717) is 17.0 Å². The van der Waals surface area contributed by atoms with Crippen LogP contribution in [0.1, 0.15) is 32.6 Å². The van der Waals surface area contributed by atoms with Gasteiger partial charge in [-0.1, -0.05) is 13.8 Å². The summed E-state index contributed by atoms with van der Waals surface area (Å²) < 4.78 is 35.4. The number of fused-ring (bicyclic) bond motifs is 2. The number of methoxy groups -OCH3 is 1. The molecule has 2 aromatic heterocycles. The largest absolute Gasteiger partial charge is 0.508 e. The molecule has 2 fully saturated rings. The van der Waals surface area contributed by atoms with Crippen LogP contribution in [-0.4, -0.2) is 65.4 Å². The van der Waals surface area contributed by atoms with Crippen LogP contribution in [0.2, 0.25) is 0 Å². The molecule has 2 N–H and O–H groups in total. The van der Waals surface area contributed by atoms with Crippen LogP contribution in [0.15, 0.2) is 18.5 Å². The van der Waals surface area contributed by atoms with E-state index in [9.17, 15) is 4.79 Å². The second-order valence-electron chi connectivity index (χ2n) is 7.98. The summed E-state index contributed by atoms with van der Waals surface area (Å²) in [5.74, 6) is 0.555. The number of hydrogen-bond donors (Lipinski definition) is 1. The average molecular weight is 422 g/mol. The minimum absolute atomic E-state index is 0.0815. The van der Waals surface area contributed by atoms with E-state index < -0.39 is 36.5 Å². The van der Waals surface area contributed by atoms with Gasteiger partial charge in [0, 0.05) is 7.11 Å². The summed E-state index contributed by atoms with van der Waals surface area (Å²) in [7, 11) is 1.49. The zero-order valence-electron chi connectivity index (χ0n) is 17.3. The molecule has 5 atom stereocenters. The van der Waals surface area contributed by atoms with Crippen LogP contribution in [-0.2, 0) is 28.4 Å². The Kier molecular flexibility index (Phi) is 5.53. The van der Waals surface area contributed by atoms with Gasteiger partial charge in [-0.25, -0.2) is 14.3 Å². The number of ether oxygens (including phenoxy) is 6. The second kappa shape index (κ2) is 7.99. The topological polar surface area (TPSA) is 129 Å². The van der Waals surface area contributed by atoms with Crippen molar-refractivity contribution >= 4 is 17.5 Å². The zero-order valence-corrected chi connectivity index (χ0v) is 17.3. The molecule has 0 radical (unpaired) electrons. The van der Waals surface area contributed by atoms with E-state index in [-0.39, 0.29) is 19.1 Å². The molecule has 2 aliphatic rings. The van der Waals surface area contributed by atoms with E-state index in [2.05, 4.69) is 10.1 Å². The normalized spacial score (nSPS) is 30.7. The summed E-state index contributed by atoms with van der Waals surface area (Å²) in [5.41, 5.74) is 6.30. The number of carbonyl (C=O) groups is 1. The summed E-state index contributed by atoms with van der Waals surface area (Å²) >= 11 is 0. The van der Waals surface area contributed by atoms with Crippen molar-refractivity contribution in [2.45, 2.75) is 51.2 Å². The van der Waals surface area contributed by atoms with E-state index in [1.54, 1.807) is 11.4 Å². The predicted octanol–water partition coefficient (Wildman–Crippen LogP) is 1.66. The van der Waals surface area contributed by atoms with Gasteiger partial charge in [0.05, 0.1) is 12.3 Å². The Bertz CT molecular complexity index is 919. The molecule has 11 nitrogen and oxygen atoms in total. The van der Waals surface area contributed by atoms with Crippen LogP contribution < -0.4 is 5.73 Å². The van der Waals surface area contributed by atoms with Gasteiger partial charge in [-0.15, -0.1) is 0 Å². The van der Waals surface area contributed by atoms with E-state index in [0.717, 1.165) is 0 Å². The first-order chi connectivity index (χ1) is 14.3. The Balaban J connectivity index is 1.57. The standard InChI is InChI=1S/C19H26N4O7/c1-10(2)7-26-17(24)27-8-19(3)15-14(28-18(25-4)29-15)13(30-19)11-5-6-12-16(20)21-9-22-23(11)12/h5-6,9-10,13-15,18H,7-8H2,1-4H3,(H2,20,21,22)/t13-,14-,15-,18-,19+/m0/s1. The predicted molar refractivity (Wildman–Crippen MR) is 102 cm³/mol. The fraction of sp³-hybridized carbons (Fsp3) is 0.632. The third-order valence-corrected chi connectivity index (χ3v) is 5.13. The van der Waals surface area contributed by atoms with Crippen molar-refractivity contribution in [3.63, 3.8) is 0 Å². The Morgan fingerprint density at radius 1 is 1.33 bits per heavy atom. The smallest absolute Gasteiger partial charge is 0.434 e. The molecule has 2 aliphatic heterocycles. The SMILES string of the molecule is CO[C@H]1O[C@H]2[C@H](c3ccc4c(N)ncnn34)O[C@](C)(COC(=O)OCC(C)C)[C@H]2O1. The quantitative estimate of drug-likeness (QED) is 0.686. The van der Waals surface area contributed by atoms with Gasteiger partial charge in [0.1, 0.15) is 42.4 Å². The number of nitrogen functional groups attached to an aromatic ring is 1. The fourth-order valence-electron chi connectivity index (χ4n) is 3.70. The molecular weight excluding hydrogens is 396 g/mol. The lowest BCUT2D eigenvalue weighted by molar-refractivity contribution is -0.264. The highest BCUT2D eigenvalue weighted by molar-refractivity contribution is 5.65. The lowest BCUT2D eigenvalue weighted by Crippen LogP contribution is -2.44. The lowest BCUT2D eigenvalue weighted by Gasteiger charge is -2.28. The van der Waals surface area contributed by atoms with Gasteiger partial charge in [-0.2, -0.15) is 5.10 Å². The van der Waals surface area contributed by atoms with Crippen molar-refractivity contribution < 1.29 is 33.2 Å². The van der Waals surface area contributed by atoms with Gasteiger partial charge in [-0.3, -0.25) is 0 Å². The van der Waals surface area contributed by atoms with Gasteiger partial charge < -0.3 is 34.2 Å². The van der Waals surface area contributed by atoms with E-state index in [1.165, 1.54) is 13.4 Å². The molecule has 0 bridgehead atoms. The third-order valence-electron chi connectivity index (χ3n) is 5.13. The zero-order chi connectivity index (χ0) is 21.5. The second-order valence-corrected chi connectivity index (χ2v) is 7.98. The lowest BCUT2D eigenvalue weighted by atomic mass is 9.97. The van der Waals surface area contributed by atoms with Crippen LogP contribution in [0.25, 0.3) is 5.52 Å². The van der Waals surface area contributed by atoms with Crippen molar-refractivity contribution in [3.8, 4) is 0 Å². The molecule has 4 rings (SSSR count). The maximum Gasteiger partial charge on any atom is 0.508 e. The van der Waals surface area contributed by atoms with Gasteiger partial charge >= 0.3 is 6.16 Å². The number of anilines is 1. The Hall–Kier alpha value is -2.47. The van der Waals surface area contributed by atoms with Gasteiger partial charge in [0.15, 0.2) is 5.82 Å². The maximum absolute atomic E-state index is 11.9. The third kappa shape index (κ3) is 3.69. The van der Waals surface area contributed by atoms with Crippen LogP contribution in [0, 0.1) is 5.92 Å². The van der Waals surface area contributed by atoms with Crippen molar-refractivity contribution in [2.24, 2.45) is 5.92 Å². The van der Waals surface area contributed by atoms with Crippen molar-refractivity contribution in [3.05, 3.63) is 24.2 Å². The summed E-state index contributed by atoms with van der Waals surface area (Å²) in [4.78, 5) is 16.0. The molecule has 30 heavy (non-hydrogen) atoms. The van der Waals surface area contributed by atoms with Crippen LogP contribution in [0.3, 0.4) is 0 Å². The first kappa shape index (κ1) is 20.8. The molecule has 0 saturated carbocycles. The summed E-state index contributed by atoms with van der Waals surface area (Å²) in [6.07, 6.45) is -1.01. The number of rotatable bonds is 6. The van der Waals surface area contributed by atoms with E-state index in [1.807, 2.05) is 26.0 Å². The molecule has 0 unspecified atom stereocenters. The Morgan fingerprint density at radius 2 is 2.13 bits per heavy atom. The number of carbonyl (C=O) groups excluding carboxylic acids is 1. The molecule has 0 amide bonds. The minimum atomic E-state index is -0.998. The van der Waals surface area contributed by atoms with Gasteiger partial charge in [-0.05, 0) is 25.0 Å².